The molecule has 0 saturated carbocycles. The Labute approximate surface area is 118 Å². The van der Waals surface area contributed by atoms with E-state index in [4.69, 9.17) is 5.73 Å². The first-order valence-corrected chi connectivity index (χ1v) is 7.43. The summed E-state index contributed by atoms with van der Waals surface area (Å²) < 4.78 is 0. The lowest BCUT2D eigenvalue weighted by molar-refractivity contribution is 0.612. The van der Waals surface area contributed by atoms with Gasteiger partial charge in [0.15, 0.2) is 0 Å². The standard InChI is InChI=1S/C16H29N3/c1-6-15(17)9-14-8-13(5)16(18-10-14)19(7-2)11-12(3)4/h8,10,12,15H,6-7,9,11,17H2,1-5H3. The van der Waals surface area contributed by atoms with Gasteiger partial charge in [0, 0.05) is 25.3 Å². The lowest BCUT2D eigenvalue weighted by atomic mass is 10.0. The minimum atomic E-state index is 0.241. The third-order valence-corrected chi connectivity index (χ3v) is 3.40. The first kappa shape index (κ1) is 16.0. The van der Waals surface area contributed by atoms with Gasteiger partial charge in [-0.25, -0.2) is 4.98 Å². The van der Waals surface area contributed by atoms with Crippen LogP contribution in [-0.4, -0.2) is 24.1 Å². The van der Waals surface area contributed by atoms with Gasteiger partial charge in [0.05, 0.1) is 0 Å². The van der Waals surface area contributed by atoms with E-state index < -0.39 is 0 Å². The predicted octanol–water partition coefficient (Wildman–Crippen LogP) is 3.15. The van der Waals surface area contributed by atoms with E-state index in [0.717, 1.165) is 31.7 Å². The van der Waals surface area contributed by atoms with Gasteiger partial charge in [0.2, 0.25) is 0 Å². The Balaban J connectivity index is 2.86. The van der Waals surface area contributed by atoms with Crippen LogP contribution >= 0.6 is 0 Å². The van der Waals surface area contributed by atoms with Crippen molar-refractivity contribution in [2.45, 2.75) is 53.5 Å². The van der Waals surface area contributed by atoms with Crippen LogP contribution in [0.5, 0.6) is 0 Å². The number of anilines is 1. The summed E-state index contributed by atoms with van der Waals surface area (Å²) in [5, 5.41) is 0. The molecule has 2 N–H and O–H groups in total. The third kappa shape index (κ3) is 4.83. The van der Waals surface area contributed by atoms with Crippen LogP contribution in [0, 0.1) is 12.8 Å². The molecule has 1 aromatic heterocycles. The van der Waals surface area contributed by atoms with Crippen molar-refractivity contribution in [3.63, 3.8) is 0 Å². The molecule has 0 aliphatic heterocycles. The van der Waals surface area contributed by atoms with Crippen LogP contribution in [0.2, 0.25) is 0 Å². The molecule has 0 radical (unpaired) electrons. The summed E-state index contributed by atoms with van der Waals surface area (Å²) >= 11 is 0. The maximum atomic E-state index is 6.01. The fourth-order valence-electron chi connectivity index (χ4n) is 2.32. The number of rotatable bonds is 7. The summed E-state index contributed by atoms with van der Waals surface area (Å²) in [6.45, 7) is 13.0. The van der Waals surface area contributed by atoms with Crippen LogP contribution in [0.3, 0.4) is 0 Å². The molecule has 0 amide bonds. The second kappa shape index (κ2) is 7.49. The van der Waals surface area contributed by atoms with Crippen LogP contribution in [0.1, 0.15) is 45.2 Å². The van der Waals surface area contributed by atoms with E-state index in [1.54, 1.807) is 0 Å². The SMILES string of the molecule is CCC(N)Cc1cnc(N(CC)CC(C)C)c(C)c1. The van der Waals surface area contributed by atoms with Gasteiger partial charge in [-0.15, -0.1) is 0 Å². The summed E-state index contributed by atoms with van der Waals surface area (Å²) in [6, 6.07) is 2.48. The fraction of sp³-hybridized carbons (Fsp3) is 0.688. The highest BCUT2D eigenvalue weighted by Gasteiger charge is 2.12. The predicted molar refractivity (Wildman–Crippen MR) is 83.7 cm³/mol. The molecular weight excluding hydrogens is 234 g/mol. The molecule has 1 rings (SSSR count). The molecule has 1 aromatic rings. The van der Waals surface area contributed by atoms with E-state index >= 15 is 0 Å². The summed E-state index contributed by atoms with van der Waals surface area (Å²) in [5.41, 5.74) is 8.51. The number of aryl methyl sites for hydroxylation is 1. The number of hydrogen-bond acceptors (Lipinski definition) is 3. The largest absolute Gasteiger partial charge is 0.356 e. The Hall–Kier alpha value is -1.09. The Kier molecular flexibility index (Phi) is 6.29. The molecule has 0 saturated heterocycles. The Morgan fingerprint density at radius 1 is 1.32 bits per heavy atom. The molecule has 0 bridgehead atoms. The molecule has 0 aliphatic rings. The second-order valence-corrected chi connectivity index (χ2v) is 5.79. The molecule has 0 spiro atoms. The molecule has 0 aliphatic carbocycles. The smallest absolute Gasteiger partial charge is 0.131 e. The Morgan fingerprint density at radius 3 is 2.47 bits per heavy atom. The van der Waals surface area contributed by atoms with Crippen molar-refractivity contribution >= 4 is 5.82 Å². The molecule has 19 heavy (non-hydrogen) atoms. The van der Waals surface area contributed by atoms with Crippen molar-refractivity contribution in [3.8, 4) is 0 Å². The van der Waals surface area contributed by atoms with Crippen molar-refractivity contribution < 1.29 is 0 Å². The van der Waals surface area contributed by atoms with E-state index in [1.165, 1.54) is 11.1 Å². The second-order valence-electron chi connectivity index (χ2n) is 5.79. The van der Waals surface area contributed by atoms with E-state index in [0.29, 0.717) is 5.92 Å². The van der Waals surface area contributed by atoms with Gasteiger partial charge in [-0.3, -0.25) is 0 Å². The minimum absolute atomic E-state index is 0.241. The third-order valence-electron chi connectivity index (χ3n) is 3.40. The molecule has 1 unspecified atom stereocenters. The summed E-state index contributed by atoms with van der Waals surface area (Å²) in [6.07, 6.45) is 3.91. The van der Waals surface area contributed by atoms with Crippen molar-refractivity contribution in [1.29, 1.82) is 0 Å². The normalized spacial score (nSPS) is 12.8. The van der Waals surface area contributed by atoms with Gasteiger partial charge in [0.1, 0.15) is 5.82 Å². The van der Waals surface area contributed by atoms with Gasteiger partial charge < -0.3 is 10.6 Å². The van der Waals surface area contributed by atoms with Crippen molar-refractivity contribution in [2.24, 2.45) is 11.7 Å². The maximum Gasteiger partial charge on any atom is 0.131 e. The van der Waals surface area contributed by atoms with Gasteiger partial charge in [0.25, 0.3) is 0 Å². The van der Waals surface area contributed by atoms with Crippen molar-refractivity contribution in [3.05, 3.63) is 23.4 Å². The molecular formula is C16H29N3. The molecule has 0 aromatic carbocycles. The van der Waals surface area contributed by atoms with Crippen molar-refractivity contribution in [2.75, 3.05) is 18.0 Å². The van der Waals surface area contributed by atoms with Gasteiger partial charge >= 0.3 is 0 Å². The van der Waals surface area contributed by atoms with E-state index in [2.05, 4.69) is 50.6 Å². The van der Waals surface area contributed by atoms with Gasteiger partial charge in [-0.2, -0.15) is 0 Å². The monoisotopic (exact) mass is 263 g/mol. The number of aromatic nitrogens is 1. The average molecular weight is 263 g/mol. The quantitative estimate of drug-likeness (QED) is 0.821. The van der Waals surface area contributed by atoms with Crippen LogP contribution in [-0.2, 0) is 6.42 Å². The molecule has 3 nitrogen and oxygen atoms in total. The van der Waals surface area contributed by atoms with Gasteiger partial charge in [-0.1, -0.05) is 26.8 Å². The summed E-state index contributed by atoms with van der Waals surface area (Å²) in [7, 11) is 0. The van der Waals surface area contributed by atoms with E-state index in [9.17, 15) is 0 Å². The highest BCUT2D eigenvalue weighted by atomic mass is 15.2. The lowest BCUT2D eigenvalue weighted by Crippen LogP contribution is -2.29. The zero-order valence-electron chi connectivity index (χ0n) is 13.1. The highest BCUT2D eigenvalue weighted by Crippen LogP contribution is 2.19. The fourth-order valence-corrected chi connectivity index (χ4v) is 2.32. The molecule has 1 atom stereocenters. The van der Waals surface area contributed by atoms with Crippen LogP contribution < -0.4 is 10.6 Å². The highest BCUT2D eigenvalue weighted by molar-refractivity contribution is 5.47. The number of nitrogens with zero attached hydrogens (tertiary/aromatic N) is 2. The molecule has 3 heteroatoms. The van der Waals surface area contributed by atoms with E-state index in [-0.39, 0.29) is 6.04 Å². The van der Waals surface area contributed by atoms with Crippen LogP contribution in [0.25, 0.3) is 0 Å². The summed E-state index contributed by atoms with van der Waals surface area (Å²) in [5.74, 6) is 1.76. The van der Waals surface area contributed by atoms with Crippen LogP contribution in [0.4, 0.5) is 5.82 Å². The zero-order valence-corrected chi connectivity index (χ0v) is 13.1. The average Bonchev–Trinajstić information content (AvgIpc) is 2.36. The van der Waals surface area contributed by atoms with Crippen molar-refractivity contribution in [1.82, 2.24) is 4.98 Å². The number of hydrogen-bond donors (Lipinski definition) is 1. The Bertz CT molecular complexity index is 388. The van der Waals surface area contributed by atoms with Crippen LogP contribution in [0.15, 0.2) is 12.3 Å². The minimum Gasteiger partial charge on any atom is -0.356 e. The Morgan fingerprint density at radius 2 is 2.00 bits per heavy atom. The molecule has 108 valence electrons. The molecule has 0 fully saturated rings. The molecule has 1 heterocycles. The lowest BCUT2D eigenvalue weighted by Gasteiger charge is -2.26. The maximum absolute atomic E-state index is 6.01. The number of pyridine rings is 1. The topological polar surface area (TPSA) is 42.1 Å². The summed E-state index contributed by atoms with van der Waals surface area (Å²) in [4.78, 5) is 7.01. The van der Waals surface area contributed by atoms with Gasteiger partial charge in [-0.05, 0) is 43.7 Å². The zero-order chi connectivity index (χ0) is 14.4. The first-order chi connectivity index (χ1) is 8.97. The van der Waals surface area contributed by atoms with E-state index in [1.807, 2.05) is 6.20 Å². The first-order valence-electron chi connectivity index (χ1n) is 7.43. The number of nitrogens with two attached hydrogens (primary N) is 1.